The van der Waals surface area contributed by atoms with Crippen LogP contribution in [0.1, 0.15) is 26.3 Å². The van der Waals surface area contributed by atoms with Crippen LogP contribution in [0.25, 0.3) is 0 Å². The monoisotopic (exact) mass is 464 g/mol. The lowest BCUT2D eigenvalue weighted by Crippen LogP contribution is -2.50. The molecule has 1 heterocycles. The molecule has 6 nitrogen and oxygen atoms in total. The van der Waals surface area contributed by atoms with E-state index in [1.165, 1.54) is 0 Å². The molecule has 1 aliphatic heterocycles. The minimum atomic E-state index is -0.0958. The van der Waals surface area contributed by atoms with Crippen molar-refractivity contribution in [2.24, 2.45) is 0 Å². The number of ether oxygens (including phenoxy) is 2. The van der Waals surface area contributed by atoms with Crippen molar-refractivity contribution in [1.29, 1.82) is 0 Å². The Morgan fingerprint density at radius 3 is 1.97 bits per heavy atom. The molecule has 0 bridgehead atoms. The van der Waals surface area contributed by atoms with Gasteiger partial charge in [0, 0.05) is 42.3 Å². The molecular formula is C26H25ClN2O4. The number of hydrogen-bond acceptors (Lipinski definition) is 4. The summed E-state index contributed by atoms with van der Waals surface area (Å²) in [6.45, 7) is 2.29. The van der Waals surface area contributed by atoms with E-state index in [1.807, 2.05) is 30.3 Å². The predicted octanol–water partition coefficient (Wildman–Crippen LogP) is 4.53. The van der Waals surface area contributed by atoms with Gasteiger partial charge < -0.3 is 19.3 Å². The highest BCUT2D eigenvalue weighted by Gasteiger charge is 2.26. The lowest BCUT2D eigenvalue weighted by molar-refractivity contribution is 0.0535. The molecule has 7 heteroatoms. The minimum Gasteiger partial charge on any atom is -0.493 e. The smallest absolute Gasteiger partial charge is 0.254 e. The summed E-state index contributed by atoms with van der Waals surface area (Å²) in [4.78, 5) is 29.3. The number of carbonyl (C=O) groups excluding carboxylic acids is 2. The Labute approximate surface area is 198 Å². The summed E-state index contributed by atoms with van der Waals surface area (Å²) in [6.07, 6.45) is 0. The van der Waals surface area contributed by atoms with Crippen LogP contribution < -0.4 is 9.47 Å². The van der Waals surface area contributed by atoms with E-state index in [1.54, 1.807) is 59.4 Å². The van der Waals surface area contributed by atoms with Crippen LogP contribution in [0.2, 0.25) is 5.02 Å². The van der Waals surface area contributed by atoms with Gasteiger partial charge in [-0.05, 0) is 48.0 Å². The standard InChI is InChI=1S/C26H25ClN2O4/c1-32-24-17-21(9-12-23(24)33-18-19-5-3-2-4-6-19)26(31)29-15-13-28(14-16-29)25(30)20-7-10-22(27)11-8-20/h2-12,17H,13-16,18H2,1H3. The molecule has 0 saturated carbocycles. The zero-order chi connectivity index (χ0) is 23.2. The molecule has 33 heavy (non-hydrogen) atoms. The summed E-state index contributed by atoms with van der Waals surface area (Å²) in [7, 11) is 1.56. The number of benzene rings is 3. The molecule has 1 saturated heterocycles. The topological polar surface area (TPSA) is 59.1 Å². The molecule has 0 N–H and O–H groups in total. The molecule has 3 aromatic rings. The molecule has 170 valence electrons. The van der Waals surface area contributed by atoms with E-state index in [9.17, 15) is 9.59 Å². The normalized spacial score (nSPS) is 13.5. The molecular weight excluding hydrogens is 440 g/mol. The van der Waals surface area contributed by atoms with Crippen LogP contribution in [0.4, 0.5) is 0 Å². The third kappa shape index (κ3) is 5.46. The Morgan fingerprint density at radius 1 is 0.788 bits per heavy atom. The fraction of sp³-hybridized carbons (Fsp3) is 0.231. The summed E-state index contributed by atoms with van der Waals surface area (Å²) in [5.74, 6) is 0.937. The van der Waals surface area contributed by atoms with Crippen molar-refractivity contribution in [2.45, 2.75) is 6.61 Å². The van der Waals surface area contributed by atoms with E-state index in [-0.39, 0.29) is 11.8 Å². The molecule has 4 rings (SSSR count). The Kier molecular flexibility index (Phi) is 7.15. The van der Waals surface area contributed by atoms with Crippen LogP contribution in [0.3, 0.4) is 0 Å². The maximum Gasteiger partial charge on any atom is 0.254 e. The Bertz CT molecular complexity index is 1110. The largest absolute Gasteiger partial charge is 0.493 e. The van der Waals surface area contributed by atoms with Crippen LogP contribution in [-0.2, 0) is 6.61 Å². The lowest BCUT2D eigenvalue weighted by atomic mass is 10.1. The van der Waals surface area contributed by atoms with E-state index < -0.39 is 0 Å². The van der Waals surface area contributed by atoms with Crippen LogP contribution in [0, 0.1) is 0 Å². The average Bonchev–Trinajstić information content (AvgIpc) is 2.87. The number of piperazine rings is 1. The summed E-state index contributed by atoms with van der Waals surface area (Å²) < 4.78 is 11.3. The predicted molar refractivity (Wildman–Crippen MR) is 127 cm³/mol. The molecule has 0 unspecified atom stereocenters. The summed E-state index contributed by atoms with van der Waals surface area (Å²) in [5.41, 5.74) is 2.16. The SMILES string of the molecule is COc1cc(C(=O)N2CCN(C(=O)c3ccc(Cl)cc3)CC2)ccc1OCc1ccccc1. The van der Waals surface area contributed by atoms with Crippen molar-refractivity contribution in [3.05, 3.63) is 94.5 Å². The maximum absolute atomic E-state index is 13.1. The van der Waals surface area contributed by atoms with E-state index in [0.29, 0.717) is 60.4 Å². The molecule has 2 amide bonds. The van der Waals surface area contributed by atoms with E-state index in [4.69, 9.17) is 21.1 Å². The summed E-state index contributed by atoms with van der Waals surface area (Å²) >= 11 is 5.91. The molecule has 0 spiro atoms. The van der Waals surface area contributed by atoms with Gasteiger partial charge in [0.25, 0.3) is 11.8 Å². The highest BCUT2D eigenvalue weighted by atomic mass is 35.5. The second-order valence-electron chi connectivity index (χ2n) is 7.73. The first-order valence-electron chi connectivity index (χ1n) is 10.7. The minimum absolute atomic E-state index is 0.0552. The zero-order valence-corrected chi connectivity index (χ0v) is 19.1. The number of halogens is 1. The molecule has 0 radical (unpaired) electrons. The zero-order valence-electron chi connectivity index (χ0n) is 18.4. The van der Waals surface area contributed by atoms with E-state index in [0.717, 1.165) is 5.56 Å². The van der Waals surface area contributed by atoms with Gasteiger partial charge in [0.15, 0.2) is 11.5 Å². The number of nitrogens with zero attached hydrogens (tertiary/aromatic N) is 2. The second kappa shape index (κ2) is 10.4. The van der Waals surface area contributed by atoms with Gasteiger partial charge in [-0.15, -0.1) is 0 Å². The van der Waals surface area contributed by atoms with Gasteiger partial charge in [0.1, 0.15) is 6.61 Å². The number of methoxy groups -OCH3 is 1. The van der Waals surface area contributed by atoms with E-state index >= 15 is 0 Å². The fourth-order valence-corrected chi connectivity index (χ4v) is 3.85. The molecule has 1 fully saturated rings. The van der Waals surface area contributed by atoms with Crippen molar-refractivity contribution in [3.8, 4) is 11.5 Å². The first-order valence-corrected chi connectivity index (χ1v) is 11.1. The van der Waals surface area contributed by atoms with Crippen molar-refractivity contribution < 1.29 is 19.1 Å². The van der Waals surface area contributed by atoms with Gasteiger partial charge in [-0.25, -0.2) is 0 Å². The number of carbonyl (C=O) groups is 2. The Hall–Kier alpha value is -3.51. The molecule has 0 aromatic heterocycles. The highest BCUT2D eigenvalue weighted by Crippen LogP contribution is 2.29. The highest BCUT2D eigenvalue weighted by molar-refractivity contribution is 6.30. The second-order valence-corrected chi connectivity index (χ2v) is 8.17. The summed E-state index contributed by atoms with van der Waals surface area (Å²) in [5, 5.41) is 0.592. The molecule has 0 atom stereocenters. The van der Waals surface area contributed by atoms with Gasteiger partial charge in [0.2, 0.25) is 0 Å². The Balaban J connectivity index is 1.37. The summed E-state index contributed by atoms with van der Waals surface area (Å²) in [6, 6.07) is 21.9. The first-order chi connectivity index (χ1) is 16.0. The lowest BCUT2D eigenvalue weighted by Gasteiger charge is -2.35. The van der Waals surface area contributed by atoms with Crippen molar-refractivity contribution >= 4 is 23.4 Å². The number of hydrogen-bond donors (Lipinski definition) is 0. The van der Waals surface area contributed by atoms with Crippen LogP contribution >= 0.6 is 11.6 Å². The molecule has 0 aliphatic carbocycles. The van der Waals surface area contributed by atoms with Crippen LogP contribution in [-0.4, -0.2) is 54.9 Å². The van der Waals surface area contributed by atoms with Crippen molar-refractivity contribution in [3.63, 3.8) is 0 Å². The third-order valence-corrected chi connectivity index (χ3v) is 5.84. The van der Waals surface area contributed by atoms with Crippen molar-refractivity contribution in [1.82, 2.24) is 9.80 Å². The number of amides is 2. The van der Waals surface area contributed by atoms with Gasteiger partial charge in [-0.3, -0.25) is 9.59 Å². The first kappa shape index (κ1) is 22.7. The molecule has 3 aromatic carbocycles. The van der Waals surface area contributed by atoms with Crippen LogP contribution in [0.5, 0.6) is 11.5 Å². The van der Waals surface area contributed by atoms with Crippen LogP contribution in [0.15, 0.2) is 72.8 Å². The van der Waals surface area contributed by atoms with Gasteiger partial charge in [-0.1, -0.05) is 41.9 Å². The van der Waals surface area contributed by atoms with E-state index in [2.05, 4.69) is 0 Å². The molecule has 1 aliphatic rings. The van der Waals surface area contributed by atoms with Gasteiger partial charge in [0.05, 0.1) is 7.11 Å². The Morgan fingerprint density at radius 2 is 1.36 bits per heavy atom. The van der Waals surface area contributed by atoms with Gasteiger partial charge in [-0.2, -0.15) is 0 Å². The maximum atomic E-state index is 13.1. The quantitative estimate of drug-likeness (QED) is 0.538. The van der Waals surface area contributed by atoms with Crippen molar-refractivity contribution in [2.75, 3.05) is 33.3 Å². The average molecular weight is 465 g/mol. The number of rotatable bonds is 6. The third-order valence-electron chi connectivity index (χ3n) is 5.59. The van der Waals surface area contributed by atoms with Gasteiger partial charge >= 0.3 is 0 Å². The fourth-order valence-electron chi connectivity index (χ4n) is 3.73.